The molecular weight excluding hydrogens is 242 g/mol. The first-order valence-electron chi connectivity index (χ1n) is 6.10. The molecule has 0 aliphatic rings. The lowest BCUT2D eigenvalue weighted by molar-refractivity contribution is 0.0958. The molecule has 0 saturated heterocycles. The van der Waals surface area contributed by atoms with Crippen LogP contribution in [0.3, 0.4) is 0 Å². The van der Waals surface area contributed by atoms with Crippen LogP contribution in [0.25, 0.3) is 11.0 Å². The van der Waals surface area contributed by atoms with Crippen LogP contribution in [0.15, 0.2) is 36.9 Å². The lowest BCUT2D eigenvalue weighted by atomic mass is 10.3. The molecule has 0 aliphatic carbocycles. The van der Waals surface area contributed by atoms with E-state index in [1.54, 1.807) is 11.0 Å². The number of aryl methyl sites for hydroxylation is 1. The van der Waals surface area contributed by atoms with E-state index in [9.17, 15) is 4.79 Å². The summed E-state index contributed by atoms with van der Waals surface area (Å²) in [6, 6.07) is 7.72. The van der Waals surface area contributed by atoms with E-state index >= 15 is 0 Å². The van der Waals surface area contributed by atoms with E-state index < -0.39 is 0 Å². The highest BCUT2D eigenvalue weighted by molar-refractivity contribution is 5.93. The number of carbonyl (C=O) groups excluding carboxylic acids is 1. The molecule has 0 bridgehead atoms. The Balaban J connectivity index is 1.91. The molecule has 19 heavy (non-hydrogen) atoms. The Morgan fingerprint density at radius 2 is 2.11 bits per heavy atom. The van der Waals surface area contributed by atoms with E-state index in [2.05, 4.69) is 15.1 Å². The van der Waals surface area contributed by atoms with Crippen LogP contribution in [0, 0.1) is 0 Å². The molecule has 2 heterocycles. The second-order valence-electron chi connectivity index (χ2n) is 4.18. The minimum Gasteiger partial charge on any atom is -0.323 e. The van der Waals surface area contributed by atoms with E-state index in [1.165, 1.54) is 6.33 Å². The summed E-state index contributed by atoms with van der Waals surface area (Å²) in [7, 11) is 0. The lowest BCUT2D eigenvalue weighted by Gasteiger charge is -2.04. The molecule has 0 N–H and O–H groups in total. The van der Waals surface area contributed by atoms with Crippen LogP contribution in [0.2, 0.25) is 0 Å². The molecule has 0 fully saturated rings. The SMILES string of the molecule is CCn1ncnc1C(=O)Cn1cnc2ccccc21. The zero-order valence-corrected chi connectivity index (χ0v) is 10.5. The second-order valence-corrected chi connectivity index (χ2v) is 4.18. The van der Waals surface area contributed by atoms with Crippen molar-refractivity contribution in [2.75, 3.05) is 0 Å². The first kappa shape index (κ1) is 11.6. The number of fused-ring (bicyclic) bond motifs is 1. The van der Waals surface area contributed by atoms with Crippen molar-refractivity contribution in [3.63, 3.8) is 0 Å². The fourth-order valence-corrected chi connectivity index (χ4v) is 2.07. The number of rotatable bonds is 4. The van der Waals surface area contributed by atoms with Gasteiger partial charge in [-0.05, 0) is 19.1 Å². The molecular formula is C13H13N5O. The molecule has 96 valence electrons. The quantitative estimate of drug-likeness (QED) is 0.663. The fourth-order valence-electron chi connectivity index (χ4n) is 2.07. The summed E-state index contributed by atoms with van der Waals surface area (Å²) in [5.74, 6) is 0.322. The number of aromatic nitrogens is 5. The Labute approximate surface area is 109 Å². The minimum absolute atomic E-state index is 0.0671. The number of ketones is 1. The molecule has 0 saturated carbocycles. The van der Waals surface area contributed by atoms with Gasteiger partial charge in [0.1, 0.15) is 6.33 Å². The highest BCUT2D eigenvalue weighted by atomic mass is 16.1. The largest absolute Gasteiger partial charge is 0.323 e. The maximum Gasteiger partial charge on any atom is 0.219 e. The smallest absolute Gasteiger partial charge is 0.219 e. The van der Waals surface area contributed by atoms with E-state index in [0.29, 0.717) is 12.4 Å². The Kier molecular flexibility index (Phi) is 2.83. The highest BCUT2D eigenvalue weighted by Crippen LogP contribution is 2.12. The summed E-state index contributed by atoms with van der Waals surface area (Å²) in [4.78, 5) is 20.5. The standard InChI is InChI=1S/C13H13N5O/c1-2-18-13(14-8-16-18)12(19)7-17-9-15-10-5-3-4-6-11(10)17/h3-6,8-9H,2,7H2,1H3. The zero-order chi connectivity index (χ0) is 13.2. The monoisotopic (exact) mass is 255 g/mol. The van der Waals surface area contributed by atoms with Crippen molar-refractivity contribution in [1.29, 1.82) is 0 Å². The van der Waals surface area contributed by atoms with Crippen LogP contribution in [-0.2, 0) is 13.1 Å². The number of Topliss-reactive ketones (excluding diaryl/α,β-unsaturated/α-hetero) is 1. The summed E-state index contributed by atoms with van der Waals surface area (Å²) < 4.78 is 3.42. The summed E-state index contributed by atoms with van der Waals surface area (Å²) in [6.07, 6.45) is 3.08. The molecule has 0 spiro atoms. The average molecular weight is 255 g/mol. The third-order valence-corrected chi connectivity index (χ3v) is 3.01. The predicted octanol–water partition coefficient (Wildman–Crippen LogP) is 1.53. The minimum atomic E-state index is -0.0671. The summed E-state index contributed by atoms with van der Waals surface area (Å²) in [5, 5.41) is 4.01. The maximum absolute atomic E-state index is 12.2. The number of imidazole rings is 1. The van der Waals surface area contributed by atoms with Crippen molar-refractivity contribution in [3.8, 4) is 0 Å². The van der Waals surface area contributed by atoms with Crippen LogP contribution in [0.5, 0.6) is 0 Å². The Morgan fingerprint density at radius 3 is 2.95 bits per heavy atom. The van der Waals surface area contributed by atoms with Crippen LogP contribution in [0.4, 0.5) is 0 Å². The molecule has 6 nitrogen and oxygen atoms in total. The first-order chi connectivity index (χ1) is 9.29. The van der Waals surface area contributed by atoms with Gasteiger partial charge < -0.3 is 4.57 Å². The van der Waals surface area contributed by atoms with Crippen molar-refractivity contribution >= 4 is 16.8 Å². The number of nitrogens with zero attached hydrogens (tertiary/aromatic N) is 5. The summed E-state index contributed by atoms with van der Waals surface area (Å²) in [5.41, 5.74) is 1.82. The normalized spacial score (nSPS) is 11.0. The molecule has 3 rings (SSSR count). The summed E-state index contributed by atoms with van der Waals surface area (Å²) >= 11 is 0. The summed E-state index contributed by atoms with van der Waals surface area (Å²) in [6.45, 7) is 2.78. The maximum atomic E-state index is 12.2. The Bertz CT molecular complexity index is 727. The van der Waals surface area contributed by atoms with Crippen molar-refractivity contribution in [1.82, 2.24) is 24.3 Å². The van der Waals surface area contributed by atoms with E-state index in [1.807, 2.05) is 35.8 Å². The van der Waals surface area contributed by atoms with Crippen LogP contribution in [-0.4, -0.2) is 30.1 Å². The number of carbonyl (C=O) groups is 1. The van der Waals surface area contributed by atoms with Crippen molar-refractivity contribution in [3.05, 3.63) is 42.7 Å². The van der Waals surface area contributed by atoms with Gasteiger partial charge >= 0.3 is 0 Å². The molecule has 0 radical (unpaired) electrons. The molecule has 0 aliphatic heterocycles. The van der Waals surface area contributed by atoms with Crippen LogP contribution >= 0.6 is 0 Å². The van der Waals surface area contributed by atoms with E-state index in [0.717, 1.165) is 11.0 Å². The molecule has 6 heteroatoms. The van der Waals surface area contributed by atoms with Crippen molar-refractivity contribution in [2.45, 2.75) is 20.0 Å². The van der Waals surface area contributed by atoms with Crippen LogP contribution in [0.1, 0.15) is 17.5 Å². The molecule has 2 aromatic heterocycles. The van der Waals surface area contributed by atoms with Gasteiger partial charge in [-0.25, -0.2) is 14.6 Å². The van der Waals surface area contributed by atoms with Gasteiger partial charge in [0.05, 0.1) is 23.9 Å². The molecule has 0 unspecified atom stereocenters. The van der Waals surface area contributed by atoms with Crippen molar-refractivity contribution in [2.24, 2.45) is 0 Å². The first-order valence-corrected chi connectivity index (χ1v) is 6.10. The van der Waals surface area contributed by atoms with Gasteiger partial charge in [-0.2, -0.15) is 5.10 Å². The number of hydrogen-bond donors (Lipinski definition) is 0. The molecule has 0 atom stereocenters. The van der Waals surface area contributed by atoms with Crippen LogP contribution < -0.4 is 0 Å². The van der Waals surface area contributed by atoms with Gasteiger partial charge in [-0.15, -0.1) is 0 Å². The van der Waals surface area contributed by atoms with Gasteiger partial charge in [-0.3, -0.25) is 4.79 Å². The van der Waals surface area contributed by atoms with Gasteiger partial charge in [0.25, 0.3) is 0 Å². The molecule has 0 amide bonds. The number of benzene rings is 1. The third-order valence-electron chi connectivity index (χ3n) is 3.01. The zero-order valence-electron chi connectivity index (χ0n) is 10.5. The number of hydrogen-bond acceptors (Lipinski definition) is 4. The third kappa shape index (κ3) is 2.01. The van der Waals surface area contributed by atoms with Gasteiger partial charge in [0.15, 0.2) is 5.82 Å². The lowest BCUT2D eigenvalue weighted by Crippen LogP contribution is -2.16. The van der Waals surface area contributed by atoms with Gasteiger partial charge in [-0.1, -0.05) is 12.1 Å². The van der Waals surface area contributed by atoms with Crippen molar-refractivity contribution < 1.29 is 4.79 Å². The van der Waals surface area contributed by atoms with E-state index in [4.69, 9.17) is 0 Å². The average Bonchev–Trinajstić information content (AvgIpc) is 3.05. The highest BCUT2D eigenvalue weighted by Gasteiger charge is 2.14. The topological polar surface area (TPSA) is 65.6 Å². The Morgan fingerprint density at radius 1 is 1.26 bits per heavy atom. The molecule has 1 aromatic carbocycles. The van der Waals surface area contributed by atoms with Gasteiger partial charge in [0, 0.05) is 6.54 Å². The number of para-hydroxylation sites is 2. The fraction of sp³-hybridized carbons (Fsp3) is 0.231. The van der Waals surface area contributed by atoms with E-state index in [-0.39, 0.29) is 12.3 Å². The Hall–Kier alpha value is -2.50. The molecule has 3 aromatic rings. The second kappa shape index (κ2) is 4.64. The predicted molar refractivity (Wildman–Crippen MR) is 69.8 cm³/mol. The van der Waals surface area contributed by atoms with Gasteiger partial charge in [0.2, 0.25) is 5.78 Å².